The van der Waals surface area contributed by atoms with Crippen molar-refractivity contribution in [1.29, 1.82) is 0 Å². The molecule has 2 heterocycles. The number of piperidine rings is 1. The number of hydrogen-bond donors (Lipinski definition) is 0. The maximum absolute atomic E-state index is 12.2. The molecule has 3 nitrogen and oxygen atoms in total. The molecule has 18 heavy (non-hydrogen) atoms. The van der Waals surface area contributed by atoms with Crippen LogP contribution in [0.15, 0.2) is 12.1 Å². The number of amides is 1. The molecule has 0 unspecified atom stereocenters. The van der Waals surface area contributed by atoms with E-state index in [0.717, 1.165) is 43.8 Å². The summed E-state index contributed by atoms with van der Waals surface area (Å²) in [5.41, 5.74) is 0. The van der Waals surface area contributed by atoms with Gasteiger partial charge in [0, 0.05) is 26.8 Å². The molecule has 5 heteroatoms. The van der Waals surface area contributed by atoms with Gasteiger partial charge < -0.3 is 9.64 Å². The third-order valence-electron chi connectivity index (χ3n) is 3.42. The molecule has 0 bridgehead atoms. The van der Waals surface area contributed by atoms with Gasteiger partial charge in [-0.25, -0.2) is 0 Å². The first kappa shape index (κ1) is 13.8. The van der Waals surface area contributed by atoms with Crippen molar-refractivity contribution in [2.75, 3.05) is 26.8 Å². The second-order valence-electron chi connectivity index (χ2n) is 4.62. The summed E-state index contributed by atoms with van der Waals surface area (Å²) >= 11 is 7.22. The Morgan fingerprint density at radius 2 is 2.22 bits per heavy atom. The average Bonchev–Trinajstić information content (AvgIpc) is 2.83. The van der Waals surface area contributed by atoms with Crippen LogP contribution in [0.2, 0.25) is 4.34 Å². The lowest BCUT2D eigenvalue weighted by Gasteiger charge is -2.31. The van der Waals surface area contributed by atoms with Gasteiger partial charge in [0.05, 0.1) is 9.21 Å². The van der Waals surface area contributed by atoms with Crippen LogP contribution >= 0.6 is 22.9 Å². The number of likely N-dealkylation sites (tertiary alicyclic amines) is 1. The third-order valence-corrected chi connectivity index (χ3v) is 4.64. The van der Waals surface area contributed by atoms with E-state index in [-0.39, 0.29) is 5.91 Å². The van der Waals surface area contributed by atoms with Gasteiger partial charge in [-0.15, -0.1) is 11.3 Å². The Morgan fingerprint density at radius 3 is 2.78 bits per heavy atom. The summed E-state index contributed by atoms with van der Waals surface area (Å²) in [6.45, 7) is 2.52. The normalized spacial score (nSPS) is 17.1. The summed E-state index contributed by atoms with van der Waals surface area (Å²) in [5.74, 6) is 0.818. The molecule has 2 rings (SSSR count). The van der Waals surface area contributed by atoms with E-state index < -0.39 is 0 Å². The lowest BCUT2D eigenvalue weighted by molar-refractivity contribution is 0.0674. The SMILES string of the molecule is COCCC1CCN(C(=O)c2ccc(Cl)s2)CC1. The Labute approximate surface area is 117 Å². The van der Waals surface area contributed by atoms with Crippen molar-refractivity contribution in [3.63, 3.8) is 0 Å². The maximum Gasteiger partial charge on any atom is 0.263 e. The fourth-order valence-electron chi connectivity index (χ4n) is 2.29. The molecule has 0 aliphatic carbocycles. The fourth-order valence-corrected chi connectivity index (χ4v) is 3.31. The summed E-state index contributed by atoms with van der Waals surface area (Å²) in [7, 11) is 1.74. The van der Waals surface area contributed by atoms with Crippen molar-refractivity contribution in [3.05, 3.63) is 21.3 Å². The molecule has 1 aliphatic heterocycles. The smallest absolute Gasteiger partial charge is 0.263 e. The highest BCUT2D eigenvalue weighted by molar-refractivity contribution is 7.17. The summed E-state index contributed by atoms with van der Waals surface area (Å²) in [6, 6.07) is 3.59. The topological polar surface area (TPSA) is 29.5 Å². The molecular formula is C13H18ClNO2S. The first-order chi connectivity index (χ1) is 8.70. The van der Waals surface area contributed by atoms with Crippen molar-refractivity contribution in [2.45, 2.75) is 19.3 Å². The average molecular weight is 288 g/mol. The van der Waals surface area contributed by atoms with Crippen LogP contribution in [-0.2, 0) is 4.74 Å². The van der Waals surface area contributed by atoms with E-state index >= 15 is 0 Å². The molecule has 1 aromatic rings. The van der Waals surface area contributed by atoms with E-state index in [4.69, 9.17) is 16.3 Å². The van der Waals surface area contributed by atoms with Crippen LogP contribution in [0.5, 0.6) is 0 Å². The van der Waals surface area contributed by atoms with Crippen LogP contribution in [0.1, 0.15) is 28.9 Å². The zero-order chi connectivity index (χ0) is 13.0. The van der Waals surface area contributed by atoms with Gasteiger partial charge in [0.1, 0.15) is 0 Å². The predicted octanol–water partition coefficient (Wildman–Crippen LogP) is 3.29. The van der Waals surface area contributed by atoms with E-state index in [1.54, 1.807) is 13.2 Å². The number of rotatable bonds is 4. The summed E-state index contributed by atoms with van der Waals surface area (Å²) in [6.07, 6.45) is 3.26. The Hall–Kier alpha value is -0.580. The largest absolute Gasteiger partial charge is 0.385 e. The van der Waals surface area contributed by atoms with Crippen molar-refractivity contribution >= 4 is 28.8 Å². The monoisotopic (exact) mass is 287 g/mol. The number of hydrogen-bond acceptors (Lipinski definition) is 3. The van der Waals surface area contributed by atoms with E-state index in [1.165, 1.54) is 11.3 Å². The first-order valence-electron chi connectivity index (χ1n) is 6.24. The predicted molar refractivity (Wildman–Crippen MR) is 74.4 cm³/mol. The fraction of sp³-hybridized carbons (Fsp3) is 0.615. The number of halogens is 1. The van der Waals surface area contributed by atoms with Gasteiger partial charge in [-0.2, -0.15) is 0 Å². The van der Waals surface area contributed by atoms with E-state index in [2.05, 4.69) is 0 Å². The number of methoxy groups -OCH3 is 1. The van der Waals surface area contributed by atoms with Gasteiger partial charge in [0.25, 0.3) is 5.91 Å². The van der Waals surface area contributed by atoms with Crippen LogP contribution in [0.25, 0.3) is 0 Å². The maximum atomic E-state index is 12.2. The van der Waals surface area contributed by atoms with E-state index in [9.17, 15) is 4.79 Å². The highest BCUT2D eigenvalue weighted by Gasteiger charge is 2.24. The molecule has 1 aromatic heterocycles. The Balaban J connectivity index is 1.84. The molecule has 1 aliphatic rings. The highest BCUT2D eigenvalue weighted by atomic mass is 35.5. The Bertz CT molecular complexity index is 399. The van der Waals surface area contributed by atoms with Crippen molar-refractivity contribution < 1.29 is 9.53 Å². The van der Waals surface area contributed by atoms with Gasteiger partial charge >= 0.3 is 0 Å². The first-order valence-corrected chi connectivity index (χ1v) is 7.43. The van der Waals surface area contributed by atoms with Crippen LogP contribution in [0.4, 0.5) is 0 Å². The third kappa shape index (κ3) is 3.46. The van der Waals surface area contributed by atoms with Crippen LogP contribution in [0.3, 0.4) is 0 Å². The van der Waals surface area contributed by atoms with Crippen LogP contribution in [-0.4, -0.2) is 37.6 Å². The summed E-state index contributed by atoms with van der Waals surface area (Å²) < 4.78 is 5.77. The van der Waals surface area contributed by atoms with E-state index in [0.29, 0.717) is 10.3 Å². The minimum Gasteiger partial charge on any atom is -0.385 e. The quantitative estimate of drug-likeness (QED) is 0.850. The zero-order valence-electron chi connectivity index (χ0n) is 10.5. The Morgan fingerprint density at radius 1 is 1.50 bits per heavy atom. The number of ether oxygens (including phenoxy) is 1. The number of thiophene rings is 1. The minimum atomic E-state index is 0.122. The Kier molecular flexibility index (Phi) is 5.03. The lowest BCUT2D eigenvalue weighted by Crippen LogP contribution is -2.38. The molecule has 0 atom stereocenters. The second kappa shape index (κ2) is 6.55. The molecule has 100 valence electrons. The minimum absolute atomic E-state index is 0.122. The summed E-state index contributed by atoms with van der Waals surface area (Å²) in [5, 5.41) is 0. The highest BCUT2D eigenvalue weighted by Crippen LogP contribution is 2.26. The van der Waals surface area contributed by atoms with Crippen molar-refractivity contribution in [1.82, 2.24) is 4.90 Å². The van der Waals surface area contributed by atoms with Crippen molar-refractivity contribution in [3.8, 4) is 0 Å². The van der Waals surface area contributed by atoms with Crippen LogP contribution < -0.4 is 0 Å². The van der Waals surface area contributed by atoms with Gasteiger partial charge in [0.15, 0.2) is 0 Å². The van der Waals surface area contributed by atoms with Gasteiger partial charge in [-0.1, -0.05) is 11.6 Å². The zero-order valence-corrected chi connectivity index (χ0v) is 12.1. The second-order valence-corrected chi connectivity index (χ2v) is 6.34. The molecule has 1 fully saturated rings. The number of nitrogens with zero attached hydrogens (tertiary/aromatic N) is 1. The molecular weight excluding hydrogens is 270 g/mol. The molecule has 0 radical (unpaired) electrons. The van der Waals surface area contributed by atoms with Crippen LogP contribution in [0, 0.1) is 5.92 Å². The molecule has 1 saturated heterocycles. The summed E-state index contributed by atoms with van der Waals surface area (Å²) in [4.78, 5) is 14.9. The molecule has 0 saturated carbocycles. The van der Waals surface area contributed by atoms with Gasteiger partial charge in [0.2, 0.25) is 0 Å². The molecule has 0 N–H and O–H groups in total. The van der Waals surface area contributed by atoms with Gasteiger partial charge in [-0.05, 0) is 37.3 Å². The van der Waals surface area contributed by atoms with E-state index in [1.807, 2.05) is 11.0 Å². The van der Waals surface area contributed by atoms with Gasteiger partial charge in [-0.3, -0.25) is 4.79 Å². The number of carbonyl (C=O) groups excluding carboxylic acids is 1. The number of carbonyl (C=O) groups is 1. The lowest BCUT2D eigenvalue weighted by atomic mass is 9.94. The molecule has 0 spiro atoms. The standard InChI is InChI=1S/C13H18ClNO2S/c1-17-9-6-10-4-7-15(8-5-10)13(16)11-2-3-12(14)18-11/h2-3,10H,4-9H2,1H3. The molecule has 0 aromatic carbocycles. The van der Waals surface area contributed by atoms with Crippen molar-refractivity contribution in [2.24, 2.45) is 5.92 Å². The molecule has 1 amide bonds.